The molecule has 1 heterocycles. The minimum Gasteiger partial charge on any atom is -0.325 e. The van der Waals surface area contributed by atoms with E-state index in [1.807, 2.05) is 72.5 Å². The number of nitrogens with one attached hydrogen (secondary N) is 1. The molecule has 0 radical (unpaired) electrons. The average Bonchev–Trinajstić information content (AvgIpc) is 3.04. The zero-order valence-electron chi connectivity index (χ0n) is 14.8. The maximum atomic E-state index is 12.3. The maximum absolute atomic E-state index is 12.3. The van der Waals surface area contributed by atoms with Crippen LogP contribution in [0.4, 0.5) is 5.69 Å². The van der Waals surface area contributed by atoms with E-state index < -0.39 is 0 Å². The second-order valence-corrected chi connectivity index (χ2v) is 7.54. The van der Waals surface area contributed by atoms with Gasteiger partial charge in [-0.1, -0.05) is 42.1 Å². The van der Waals surface area contributed by atoms with E-state index >= 15 is 0 Å². The van der Waals surface area contributed by atoms with Crippen LogP contribution in [0.25, 0.3) is 11.4 Å². The number of aryl methyl sites for hydroxylation is 1. The zero-order valence-corrected chi connectivity index (χ0v) is 16.5. The van der Waals surface area contributed by atoms with Gasteiger partial charge in [0.1, 0.15) is 5.40 Å². The van der Waals surface area contributed by atoms with E-state index in [4.69, 9.17) is 5.26 Å². The largest absolute Gasteiger partial charge is 0.325 e. The van der Waals surface area contributed by atoms with E-state index in [0.29, 0.717) is 5.16 Å². The quantitative estimate of drug-likeness (QED) is 0.500. The van der Waals surface area contributed by atoms with Gasteiger partial charge in [0.15, 0.2) is 11.0 Å². The lowest BCUT2D eigenvalue weighted by molar-refractivity contribution is -0.113. The molecule has 1 amide bonds. The average molecular weight is 396 g/mol. The van der Waals surface area contributed by atoms with Gasteiger partial charge in [0, 0.05) is 23.2 Å². The molecule has 0 fully saturated rings. The van der Waals surface area contributed by atoms with Crippen molar-refractivity contribution in [3.8, 4) is 16.8 Å². The Morgan fingerprint density at radius 2 is 2.00 bits per heavy atom. The molecule has 0 aliphatic rings. The lowest BCUT2D eigenvalue weighted by Gasteiger charge is -2.09. The Morgan fingerprint density at radius 1 is 1.22 bits per heavy atom. The number of hydrogen-bond acceptors (Lipinski definition) is 6. The van der Waals surface area contributed by atoms with Crippen LogP contribution in [0.1, 0.15) is 5.56 Å². The molecule has 1 aromatic heterocycles. The number of anilines is 1. The van der Waals surface area contributed by atoms with Crippen LogP contribution in [-0.4, -0.2) is 26.4 Å². The highest BCUT2D eigenvalue weighted by atomic mass is 32.2. The van der Waals surface area contributed by atoms with Gasteiger partial charge in [-0.2, -0.15) is 5.26 Å². The molecule has 3 aromatic rings. The number of benzene rings is 2. The first kappa shape index (κ1) is 19.0. The van der Waals surface area contributed by atoms with Gasteiger partial charge < -0.3 is 9.88 Å². The number of nitrogens with zero attached hydrogens (tertiary/aromatic N) is 4. The normalized spacial score (nSPS) is 10.4. The van der Waals surface area contributed by atoms with Gasteiger partial charge in [0.25, 0.3) is 0 Å². The lowest BCUT2D eigenvalue weighted by Crippen LogP contribution is -2.15. The summed E-state index contributed by atoms with van der Waals surface area (Å²) in [6.45, 7) is 1.90. The van der Waals surface area contributed by atoms with Gasteiger partial charge in [-0.05, 0) is 42.4 Å². The summed E-state index contributed by atoms with van der Waals surface area (Å²) in [7, 11) is 1.89. The summed E-state index contributed by atoms with van der Waals surface area (Å²) in [6.07, 6.45) is 0. The molecular weight excluding hydrogens is 378 g/mol. The molecule has 0 spiro atoms. The first-order chi connectivity index (χ1) is 13.1. The van der Waals surface area contributed by atoms with Crippen molar-refractivity contribution in [2.75, 3.05) is 11.1 Å². The van der Waals surface area contributed by atoms with Crippen molar-refractivity contribution in [3.05, 3.63) is 54.1 Å². The molecule has 136 valence electrons. The number of hydrogen-bond donors (Lipinski definition) is 1. The van der Waals surface area contributed by atoms with E-state index in [9.17, 15) is 4.79 Å². The van der Waals surface area contributed by atoms with Crippen LogP contribution in [0.3, 0.4) is 0 Å². The van der Waals surface area contributed by atoms with E-state index in [-0.39, 0.29) is 11.7 Å². The highest BCUT2D eigenvalue weighted by molar-refractivity contribution is 8.03. The van der Waals surface area contributed by atoms with Crippen LogP contribution in [0, 0.1) is 17.6 Å². The summed E-state index contributed by atoms with van der Waals surface area (Å²) in [6, 6.07) is 15.3. The molecule has 0 saturated heterocycles. The third-order valence-electron chi connectivity index (χ3n) is 3.83. The van der Waals surface area contributed by atoms with Crippen LogP contribution in [0.2, 0.25) is 0 Å². The van der Waals surface area contributed by atoms with E-state index in [1.54, 1.807) is 0 Å². The molecule has 2 aromatic carbocycles. The van der Waals surface area contributed by atoms with E-state index in [2.05, 4.69) is 15.5 Å². The third-order valence-corrected chi connectivity index (χ3v) is 5.44. The second-order valence-electron chi connectivity index (χ2n) is 5.74. The molecule has 27 heavy (non-hydrogen) atoms. The number of rotatable bonds is 6. The van der Waals surface area contributed by atoms with Gasteiger partial charge in [0.2, 0.25) is 5.91 Å². The lowest BCUT2D eigenvalue weighted by atomic mass is 10.2. The minimum absolute atomic E-state index is 0.118. The van der Waals surface area contributed by atoms with Crippen molar-refractivity contribution in [1.29, 1.82) is 5.26 Å². The molecule has 0 aliphatic heterocycles. The first-order valence-corrected chi connectivity index (χ1v) is 9.92. The van der Waals surface area contributed by atoms with Crippen molar-refractivity contribution in [1.82, 2.24) is 14.8 Å². The van der Waals surface area contributed by atoms with Crippen LogP contribution in [0.15, 0.2) is 58.6 Å². The number of nitriles is 1. The smallest absolute Gasteiger partial charge is 0.234 e. The molecule has 0 bridgehead atoms. The number of amides is 1. The fraction of sp³-hybridized carbons (Fsp3) is 0.158. The van der Waals surface area contributed by atoms with Crippen LogP contribution < -0.4 is 5.32 Å². The van der Waals surface area contributed by atoms with Gasteiger partial charge >= 0.3 is 0 Å². The zero-order chi connectivity index (χ0) is 19.2. The molecule has 0 unspecified atom stereocenters. The number of thiocyanates is 1. The summed E-state index contributed by atoms with van der Waals surface area (Å²) >= 11 is 2.43. The molecule has 8 heteroatoms. The molecule has 3 rings (SSSR count). The highest BCUT2D eigenvalue weighted by Crippen LogP contribution is 2.25. The predicted molar refractivity (Wildman–Crippen MR) is 108 cm³/mol. The molecule has 6 nitrogen and oxygen atoms in total. The van der Waals surface area contributed by atoms with Crippen molar-refractivity contribution in [3.63, 3.8) is 0 Å². The number of carbonyl (C=O) groups excluding carboxylic acids is 1. The number of thioether (sulfide) groups is 2. The minimum atomic E-state index is -0.118. The Bertz CT molecular complexity index is 995. The SMILES string of the molecule is Cc1cc(SC#N)ccc1NC(=O)CSc1nnc(-c2ccccc2)n1C. The molecular formula is C19H17N5OS2. The summed E-state index contributed by atoms with van der Waals surface area (Å²) in [5.74, 6) is 0.877. The summed E-state index contributed by atoms with van der Waals surface area (Å²) < 4.78 is 1.88. The van der Waals surface area contributed by atoms with Crippen LogP contribution in [-0.2, 0) is 11.8 Å². The molecule has 0 saturated carbocycles. The molecule has 0 atom stereocenters. The predicted octanol–water partition coefficient (Wildman–Crippen LogP) is 4.09. The highest BCUT2D eigenvalue weighted by Gasteiger charge is 2.13. The van der Waals surface area contributed by atoms with Gasteiger partial charge in [-0.25, -0.2) is 0 Å². The van der Waals surface area contributed by atoms with Crippen LogP contribution >= 0.6 is 23.5 Å². The second kappa shape index (κ2) is 8.75. The fourth-order valence-electron chi connectivity index (χ4n) is 2.49. The summed E-state index contributed by atoms with van der Waals surface area (Å²) in [4.78, 5) is 13.1. The van der Waals surface area contributed by atoms with Crippen molar-refractivity contribution in [2.45, 2.75) is 17.0 Å². The molecule has 0 aliphatic carbocycles. The van der Waals surface area contributed by atoms with Gasteiger partial charge in [0.05, 0.1) is 5.75 Å². The Kier molecular flexibility index (Phi) is 6.16. The summed E-state index contributed by atoms with van der Waals surface area (Å²) in [5.41, 5.74) is 2.64. The Hall–Kier alpha value is -2.76. The first-order valence-electron chi connectivity index (χ1n) is 8.12. The standard InChI is InChI=1S/C19H17N5OS2/c1-13-10-15(27-12-20)8-9-16(13)21-17(25)11-26-19-23-22-18(24(19)2)14-6-4-3-5-7-14/h3-10H,11H2,1-2H3,(H,21,25). The monoisotopic (exact) mass is 395 g/mol. The van der Waals surface area contributed by atoms with Crippen molar-refractivity contribution in [2.24, 2.45) is 7.05 Å². The number of aromatic nitrogens is 3. The van der Waals surface area contributed by atoms with Crippen molar-refractivity contribution >= 4 is 35.1 Å². The van der Waals surface area contributed by atoms with Gasteiger partial charge in [-0.3, -0.25) is 4.79 Å². The van der Waals surface area contributed by atoms with Gasteiger partial charge in [-0.15, -0.1) is 10.2 Å². The Balaban J connectivity index is 1.62. The van der Waals surface area contributed by atoms with E-state index in [0.717, 1.165) is 39.3 Å². The fourth-order valence-corrected chi connectivity index (χ4v) is 3.68. The van der Waals surface area contributed by atoms with Crippen LogP contribution in [0.5, 0.6) is 0 Å². The topological polar surface area (TPSA) is 83.6 Å². The Morgan fingerprint density at radius 3 is 2.70 bits per heavy atom. The van der Waals surface area contributed by atoms with Crippen molar-refractivity contribution < 1.29 is 4.79 Å². The summed E-state index contributed by atoms with van der Waals surface area (Å²) in [5, 5.41) is 22.8. The number of carbonyl (C=O) groups is 1. The Labute approximate surface area is 166 Å². The maximum Gasteiger partial charge on any atom is 0.234 e. The molecule has 1 N–H and O–H groups in total. The van der Waals surface area contributed by atoms with E-state index in [1.165, 1.54) is 11.8 Å². The third kappa shape index (κ3) is 4.70.